The van der Waals surface area contributed by atoms with Crippen molar-refractivity contribution in [3.05, 3.63) is 16.1 Å². The summed E-state index contributed by atoms with van der Waals surface area (Å²) in [5.41, 5.74) is 1.25. The van der Waals surface area contributed by atoms with Gasteiger partial charge in [0, 0.05) is 36.5 Å². The fourth-order valence-corrected chi connectivity index (χ4v) is 4.15. The molecule has 2 aliphatic rings. The van der Waals surface area contributed by atoms with Crippen molar-refractivity contribution >= 4 is 11.3 Å². The molecule has 4 heteroatoms. The van der Waals surface area contributed by atoms with E-state index < -0.39 is 0 Å². The highest BCUT2D eigenvalue weighted by molar-refractivity contribution is 7.09. The average molecular weight is 265 g/mol. The van der Waals surface area contributed by atoms with Gasteiger partial charge < -0.3 is 10.2 Å². The van der Waals surface area contributed by atoms with Crippen LogP contribution in [-0.4, -0.2) is 41.6 Å². The third kappa shape index (κ3) is 2.60. The standard InChI is InChI=1S/C14H23N3S/c1-10-16-11(9-18-10)5-6-15-12-7-13-3-4-14(8-12)17(13)2/h9,12-15H,3-8H2,1-2H3. The van der Waals surface area contributed by atoms with Gasteiger partial charge in [0.2, 0.25) is 0 Å². The molecule has 2 saturated heterocycles. The number of piperidine rings is 1. The van der Waals surface area contributed by atoms with Gasteiger partial charge in [-0.1, -0.05) is 0 Å². The zero-order valence-corrected chi connectivity index (χ0v) is 12.2. The Morgan fingerprint density at radius 2 is 2.11 bits per heavy atom. The van der Waals surface area contributed by atoms with Crippen LogP contribution in [0.5, 0.6) is 0 Å². The van der Waals surface area contributed by atoms with Crippen molar-refractivity contribution in [3.8, 4) is 0 Å². The van der Waals surface area contributed by atoms with Gasteiger partial charge in [0.25, 0.3) is 0 Å². The number of nitrogens with zero attached hydrogens (tertiary/aromatic N) is 2. The van der Waals surface area contributed by atoms with E-state index in [9.17, 15) is 0 Å². The van der Waals surface area contributed by atoms with E-state index >= 15 is 0 Å². The van der Waals surface area contributed by atoms with Crippen LogP contribution in [0.3, 0.4) is 0 Å². The van der Waals surface area contributed by atoms with Crippen LogP contribution in [0.25, 0.3) is 0 Å². The summed E-state index contributed by atoms with van der Waals surface area (Å²) in [5, 5.41) is 7.11. The SMILES string of the molecule is Cc1nc(CCNC2CC3CCC(C2)N3C)cs1. The molecule has 100 valence electrons. The summed E-state index contributed by atoms with van der Waals surface area (Å²) in [4.78, 5) is 7.12. The molecule has 3 heterocycles. The lowest BCUT2D eigenvalue weighted by Gasteiger charge is -2.36. The van der Waals surface area contributed by atoms with Gasteiger partial charge in [0.05, 0.1) is 10.7 Å². The molecule has 0 aliphatic carbocycles. The van der Waals surface area contributed by atoms with Crippen LogP contribution >= 0.6 is 11.3 Å². The van der Waals surface area contributed by atoms with Crippen LogP contribution in [0.15, 0.2) is 5.38 Å². The molecule has 2 bridgehead atoms. The second kappa shape index (κ2) is 5.27. The third-order valence-electron chi connectivity index (χ3n) is 4.58. The van der Waals surface area contributed by atoms with E-state index in [1.54, 1.807) is 11.3 Å². The van der Waals surface area contributed by atoms with Gasteiger partial charge in [-0.2, -0.15) is 0 Å². The largest absolute Gasteiger partial charge is 0.313 e. The summed E-state index contributed by atoms with van der Waals surface area (Å²) < 4.78 is 0. The fourth-order valence-electron chi connectivity index (χ4n) is 3.51. The van der Waals surface area contributed by atoms with Crippen LogP contribution in [0.2, 0.25) is 0 Å². The highest BCUT2D eigenvalue weighted by Crippen LogP contribution is 2.34. The second-order valence-corrected chi connectivity index (χ2v) is 6.84. The van der Waals surface area contributed by atoms with Crippen LogP contribution in [0.4, 0.5) is 0 Å². The van der Waals surface area contributed by atoms with Crippen molar-refractivity contribution in [1.29, 1.82) is 0 Å². The Labute approximate surface area is 114 Å². The molecule has 2 aliphatic heterocycles. The second-order valence-electron chi connectivity index (χ2n) is 5.78. The first-order valence-electron chi connectivity index (χ1n) is 7.08. The third-order valence-corrected chi connectivity index (χ3v) is 5.40. The first kappa shape index (κ1) is 12.6. The monoisotopic (exact) mass is 265 g/mol. The minimum absolute atomic E-state index is 0.735. The molecule has 0 spiro atoms. The molecule has 2 fully saturated rings. The van der Waals surface area contributed by atoms with E-state index in [0.29, 0.717) is 0 Å². The predicted octanol–water partition coefficient (Wildman–Crippen LogP) is 2.21. The van der Waals surface area contributed by atoms with Gasteiger partial charge >= 0.3 is 0 Å². The Morgan fingerprint density at radius 3 is 2.72 bits per heavy atom. The fraction of sp³-hybridized carbons (Fsp3) is 0.786. The van der Waals surface area contributed by atoms with Gasteiger partial charge in [-0.05, 0) is 39.7 Å². The number of aromatic nitrogens is 1. The average Bonchev–Trinajstić information content (AvgIpc) is 2.82. The Balaban J connectivity index is 1.44. The predicted molar refractivity (Wildman–Crippen MR) is 76.2 cm³/mol. The summed E-state index contributed by atoms with van der Waals surface area (Å²) in [6.07, 6.45) is 6.56. The lowest BCUT2D eigenvalue weighted by Crippen LogP contribution is -2.47. The molecule has 0 amide bonds. The minimum atomic E-state index is 0.735. The van der Waals surface area contributed by atoms with E-state index in [4.69, 9.17) is 0 Å². The van der Waals surface area contributed by atoms with Gasteiger partial charge in [-0.25, -0.2) is 4.98 Å². The summed E-state index contributed by atoms with van der Waals surface area (Å²) in [6, 6.07) is 2.41. The number of hydrogen-bond acceptors (Lipinski definition) is 4. The molecular formula is C14H23N3S. The number of hydrogen-bond donors (Lipinski definition) is 1. The van der Waals surface area contributed by atoms with Crippen molar-refractivity contribution in [2.24, 2.45) is 0 Å². The smallest absolute Gasteiger partial charge is 0.0897 e. The quantitative estimate of drug-likeness (QED) is 0.904. The number of fused-ring (bicyclic) bond motifs is 2. The molecule has 18 heavy (non-hydrogen) atoms. The lowest BCUT2D eigenvalue weighted by atomic mass is 9.98. The first-order chi connectivity index (χ1) is 8.72. The van der Waals surface area contributed by atoms with Crippen LogP contribution in [0.1, 0.15) is 36.4 Å². The number of rotatable bonds is 4. The van der Waals surface area contributed by atoms with E-state index in [0.717, 1.165) is 31.1 Å². The Morgan fingerprint density at radius 1 is 1.39 bits per heavy atom. The Hall–Kier alpha value is -0.450. The van der Waals surface area contributed by atoms with Gasteiger partial charge in [-0.3, -0.25) is 0 Å². The summed E-state index contributed by atoms with van der Waals surface area (Å²) in [7, 11) is 2.30. The van der Waals surface area contributed by atoms with Crippen molar-refractivity contribution in [2.45, 2.75) is 57.2 Å². The molecule has 3 nitrogen and oxygen atoms in total. The highest BCUT2D eigenvalue weighted by atomic mass is 32.1. The van der Waals surface area contributed by atoms with Crippen LogP contribution < -0.4 is 5.32 Å². The van der Waals surface area contributed by atoms with E-state index in [2.05, 4.69) is 34.6 Å². The maximum Gasteiger partial charge on any atom is 0.0897 e. The molecule has 0 saturated carbocycles. The van der Waals surface area contributed by atoms with Crippen molar-refractivity contribution < 1.29 is 0 Å². The topological polar surface area (TPSA) is 28.2 Å². The molecule has 0 radical (unpaired) electrons. The molecule has 2 unspecified atom stereocenters. The van der Waals surface area contributed by atoms with Gasteiger partial charge in [-0.15, -0.1) is 11.3 Å². The number of nitrogens with one attached hydrogen (secondary N) is 1. The molecular weight excluding hydrogens is 242 g/mol. The Bertz CT molecular complexity index is 389. The van der Waals surface area contributed by atoms with Crippen molar-refractivity contribution in [2.75, 3.05) is 13.6 Å². The zero-order chi connectivity index (χ0) is 12.5. The molecule has 0 aromatic carbocycles. The van der Waals surface area contributed by atoms with Crippen LogP contribution in [0, 0.1) is 6.92 Å². The number of thiazole rings is 1. The van der Waals surface area contributed by atoms with E-state index in [-0.39, 0.29) is 0 Å². The van der Waals surface area contributed by atoms with Gasteiger partial charge in [0.15, 0.2) is 0 Å². The normalized spacial score (nSPS) is 32.0. The van der Waals surface area contributed by atoms with Crippen molar-refractivity contribution in [1.82, 2.24) is 15.2 Å². The molecule has 2 atom stereocenters. The molecule has 1 N–H and O–H groups in total. The van der Waals surface area contributed by atoms with Gasteiger partial charge in [0.1, 0.15) is 0 Å². The maximum atomic E-state index is 4.52. The van der Waals surface area contributed by atoms with Crippen molar-refractivity contribution in [3.63, 3.8) is 0 Å². The van der Waals surface area contributed by atoms with Crippen LogP contribution in [-0.2, 0) is 6.42 Å². The zero-order valence-electron chi connectivity index (χ0n) is 11.4. The first-order valence-corrected chi connectivity index (χ1v) is 7.96. The van der Waals surface area contributed by atoms with E-state index in [1.807, 2.05) is 0 Å². The molecule has 3 rings (SSSR count). The summed E-state index contributed by atoms with van der Waals surface area (Å²) >= 11 is 1.76. The number of aryl methyl sites for hydroxylation is 1. The Kier molecular flexibility index (Phi) is 3.68. The molecule has 1 aromatic rings. The molecule has 1 aromatic heterocycles. The summed E-state index contributed by atoms with van der Waals surface area (Å²) in [6.45, 7) is 3.16. The lowest BCUT2D eigenvalue weighted by molar-refractivity contribution is 0.149. The highest BCUT2D eigenvalue weighted by Gasteiger charge is 2.37. The maximum absolute atomic E-state index is 4.52. The minimum Gasteiger partial charge on any atom is -0.313 e. The summed E-state index contributed by atoms with van der Waals surface area (Å²) in [5.74, 6) is 0. The van der Waals surface area contributed by atoms with E-state index in [1.165, 1.54) is 36.4 Å².